The summed E-state index contributed by atoms with van der Waals surface area (Å²) < 4.78 is 32.3. The Morgan fingerprint density at radius 3 is 2.54 bits per heavy atom. The van der Waals surface area contributed by atoms with Gasteiger partial charge in [-0.25, -0.2) is 12.4 Å². The Bertz CT molecular complexity index is 1110. The van der Waals surface area contributed by atoms with Gasteiger partial charge >= 0.3 is 5.97 Å². The molecule has 0 radical (unpaired) electrons. The van der Waals surface area contributed by atoms with Gasteiger partial charge in [0.1, 0.15) is 0 Å². The summed E-state index contributed by atoms with van der Waals surface area (Å²) in [4.78, 5) is 11.7. The van der Waals surface area contributed by atoms with Crippen LogP contribution < -0.4 is 0 Å². The third-order valence-corrected chi connectivity index (χ3v) is 5.83. The van der Waals surface area contributed by atoms with Crippen LogP contribution in [0.15, 0.2) is 59.5 Å². The average molecular weight is 368 g/mol. The summed E-state index contributed by atoms with van der Waals surface area (Å²) in [6, 6.07) is 16.6. The van der Waals surface area contributed by atoms with Gasteiger partial charge in [0.05, 0.1) is 35.6 Å². The highest BCUT2D eigenvalue weighted by Crippen LogP contribution is 2.27. The number of carbonyl (C=O) groups excluding carboxylic acids is 1. The van der Waals surface area contributed by atoms with E-state index >= 15 is 0 Å². The van der Waals surface area contributed by atoms with Crippen molar-refractivity contribution < 1.29 is 17.9 Å². The molecule has 2 aromatic carbocycles. The first kappa shape index (κ1) is 17.7. The zero-order valence-electron chi connectivity index (χ0n) is 14.0. The number of rotatable bonds is 5. The van der Waals surface area contributed by atoms with Crippen molar-refractivity contribution in [2.45, 2.75) is 17.7 Å². The van der Waals surface area contributed by atoms with E-state index < -0.39 is 16.0 Å². The summed E-state index contributed by atoms with van der Waals surface area (Å²) in [6.07, 6.45) is 0.261. The minimum Gasteiger partial charge on any atom is -0.469 e. The Hall–Kier alpha value is -3.11. The number of fused-ring (bicyclic) bond motifs is 1. The molecule has 0 saturated carbocycles. The third kappa shape index (κ3) is 3.19. The first-order chi connectivity index (χ1) is 12.5. The molecule has 0 aliphatic heterocycles. The lowest BCUT2D eigenvalue weighted by atomic mass is 10.1. The minimum atomic E-state index is -3.85. The summed E-state index contributed by atoms with van der Waals surface area (Å²) in [5.74, 6) is -0.420. The molecule has 3 rings (SSSR count). The van der Waals surface area contributed by atoms with Gasteiger partial charge in [-0.05, 0) is 42.8 Å². The Morgan fingerprint density at radius 1 is 1.15 bits per heavy atom. The summed E-state index contributed by atoms with van der Waals surface area (Å²) in [6.45, 7) is 0. The Balaban J connectivity index is 2.21. The maximum atomic E-state index is 13.2. The molecule has 0 aliphatic carbocycles. The van der Waals surface area contributed by atoms with Gasteiger partial charge in [-0.1, -0.05) is 18.2 Å². The second kappa shape index (κ2) is 7.02. The van der Waals surface area contributed by atoms with Gasteiger partial charge in [0.25, 0.3) is 10.0 Å². The lowest BCUT2D eigenvalue weighted by Crippen LogP contribution is -2.16. The zero-order chi connectivity index (χ0) is 18.7. The average Bonchev–Trinajstić information content (AvgIpc) is 3.04. The second-order valence-electron chi connectivity index (χ2n) is 5.68. The van der Waals surface area contributed by atoms with Gasteiger partial charge in [0.2, 0.25) is 0 Å². The van der Waals surface area contributed by atoms with Crippen LogP contribution in [0.25, 0.3) is 10.9 Å². The first-order valence-corrected chi connectivity index (χ1v) is 9.33. The number of aryl methyl sites for hydroxylation is 1. The molecule has 7 heteroatoms. The van der Waals surface area contributed by atoms with E-state index in [1.807, 2.05) is 6.07 Å². The monoisotopic (exact) mass is 368 g/mol. The van der Waals surface area contributed by atoms with Gasteiger partial charge in [-0.2, -0.15) is 5.26 Å². The standard InChI is InChI=1S/C19H16N2O4S/c1-25-19(22)10-8-16-12-15-11-14(13-20)7-9-18(15)21(16)26(23,24)17-5-3-2-4-6-17/h2-7,9,11-12H,8,10H2,1H3. The quantitative estimate of drug-likeness (QED) is 0.646. The van der Waals surface area contributed by atoms with E-state index in [1.165, 1.54) is 23.2 Å². The molecule has 0 amide bonds. The summed E-state index contributed by atoms with van der Waals surface area (Å²) >= 11 is 0. The van der Waals surface area contributed by atoms with Crippen LogP contribution in [0.3, 0.4) is 0 Å². The molecule has 3 aromatic rings. The molecule has 26 heavy (non-hydrogen) atoms. The van der Waals surface area contributed by atoms with Crippen LogP contribution in [0, 0.1) is 11.3 Å². The molecule has 0 spiro atoms. The molecular weight excluding hydrogens is 352 g/mol. The van der Waals surface area contributed by atoms with Crippen LogP contribution in [0.1, 0.15) is 17.7 Å². The number of nitrogens with zero attached hydrogens (tertiary/aromatic N) is 2. The van der Waals surface area contributed by atoms with Crippen molar-refractivity contribution in [1.29, 1.82) is 5.26 Å². The Morgan fingerprint density at radius 2 is 1.88 bits per heavy atom. The van der Waals surface area contributed by atoms with Crippen molar-refractivity contribution in [2.75, 3.05) is 7.11 Å². The van der Waals surface area contributed by atoms with Crippen molar-refractivity contribution in [3.8, 4) is 6.07 Å². The molecular formula is C19H16N2O4S. The number of ether oxygens (including phenoxy) is 1. The summed E-state index contributed by atoms with van der Waals surface area (Å²) in [5, 5.41) is 9.71. The number of hydrogen-bond donors (Lipinski definition) is 0. The fraction of sp³-hybridized carbons (Fsp3) is 0.158. The van der Waals surface area contributed by atoms with Crippen LogP contribution >= 0.6 is 0 Å². The van der Waals surface area contributed by atoms with Crippen molar-refractivity contribution in [2.24, 2.45) is 0 Å². The Labute approximate surface area is 151 Å². The van der Waals surface area contributed by atoms with E-state index in [0.717, 1.165) is 0 Å². The van der Waals surface area contributed by atoms with Gasteiger partial charge in [0.15, 0.2) is 0 Å². The van der Waals surface area contributed by atoms with Gasteiger partial charge in [-0.3, -0.25) is 4.79 Å². The maximum absolute atomic E-state index is 13.2. The van der Waals surface area contributed by atoms with Crippen molar-refractivity contribution in [1.82, 2.24) is 3.97 Å². The van der Waals surface area contributed by atoms with Crippen LogP contribution in [-0.4, -0.2) is 25.5 Å². The lowest BCUT2D eigenvalue weighted by Gasteiger charge is -2.12. The van der Waals surface area contributed by atoms with Crippen molar-refractivity contribution in [3.63, 3.8) is 0 Å². The largest absolute Gasteiger partial charge is 0.469 e. The molecule has 1 aromatic heterocycles. The zero-order valence-corrected chi connectivity index (χ0v) is 14.9. The van der Waals surface area contributed by atoms with Crippen LogP contribution in [-0.2, 0) is 26.0 Å². The number of esters is 1. The van der Waals surface area contributed by atoms with Crippen LogP contribution in [0.4, 0.5) is 0 Å². The van der Waals surface area contributed by atoms with Gasteiger partial charge < -0.3 is 4.74 Å². The van der Waals surface area contributed by atoms with E-state index in [9.17, 15) is 13.2 Å². The predicted molar refractivity (Wildman–Crippen MR) is 96.0 cm³/mol. The normalized spacial score (nSPS) is 11.2. The smallest absolute Gasteiger partial charge is 0.305 e. The van der Waals surface area contributed by atoms with Crippen molar-refractivity contribution in [3.05, 3.63) is 65.9 Å². The number of hydrogen-bond acceptors (Lipinski definition) is 5. The number of aromatic nitrogens is 1. The molecule has 0 aliphatic rings. The topological polar surface area (TPSA) is 89.2 Å². The summed E-state index contributed by atoms with van der Waals surface area (Å²) in [7, 11) is -2.56. The molecule has 0 unspecified atom stereocenters. The van der Waals surface area contributed by atoms with E-state index in [-0.39, 0.29) is 17.7 Å². The molecule has 0 atom stereocenters. The van der Waals surface area contributed by atoms with Crippen LogP contribution in [0.2, 0.25) is 0 Å². The van der Waals surface area contributed by atoms with E-state index in [2.05, 4.69) is 4.74 Å². The highest BCUT2D eigenvalue weighted by molar-refractivity contribution is 7.90. The first-order valence-electron chi connectivity index (χ1n) is 7.89. The third-order valence-electron chi connectivity index (χ3n) is 4.05. The highest BCUT2D eigenvalue weighted by atomic mass is 32.2. The molecule has 0 fully saturated rings. The number of carbonyl (C=O) groups is 1. The molecule has 132 valence electrons. The van der Waals surface area contributed by atoms with E-state index in [1.54, 1.807) is 42.5 Å². The van der Waals surface area contributed by atoms with Crippen molar-refractivity contribution >= 4 is 26.9 Å². The van der Waals surface area contributed by atoms with Gasteiger partial charge in [-0.15, -0.1) is 0 Å². The highest BCUT2D eigenvalue weighted by Gasteiger charge is 2.23. The minimum absolute atomic E-state index is 0.0578. The predicted octanol–water partition coefficient (Wildman–Crippen LogP) is 2.86. The second-order valence-corrected chi connectivity index (χ2v) is 7.47. The fourth-order valence-electron chi connectivity index (χ4n) is 2.81. The Kier molecular flexibility index (Phi) is 4.78. The van der Waals surface area contributed by atoms with Gasteiger partial charge in [0, 0.05) is 11.1 Å². The molecule has 0 bridgehead atoms. The SMILES string of the molecule is COC(=O)CCc1cc2cc(C#N)ccc2n1S(=O)(=O)c1ccccc1. The van der Waals surface area contributed by atoms with Crippen LogP contribution in [0.5, 0.6) is 0 Å². The molecule has 0 N–H and O–H groups in total. The van der Waals surface area contributed by atoms with E-state index in [0.29, 0.717) is 22.2 Å². The molecule has 0 saturated heterocycles. The number of benzene rings is 2. The summed E-state index contributed by atoms with van der Waals surface area (Å²) in [5.41, 5.74) is 1.36. The maximum Gasteiger partial charge on any atom is 0.305 e. The molecule has 6 nitrogen and oxygen atoms in total. The lowest BCUT2D eigenvalue weighted by molar-refractivity contribution is -0.140. The number of nitriles is 1. The molecule has 1 heterocycles. The van der Waals surface area contributed by atoms with E-state index in [4.69, 9.17) is 5.26 Å². The fourth-order valence-corrected chi connectivity index (χ4v) is 4.39. The number of methoxy groups -OCH3 is 1.